The molecule has 1 heterocycles. The summed E-state index contributed by atoms with van der Waals surface area (Å²) in [5.41, 5.74) is 0.901. The molecule has 22 heavy (non-hydrogen) atoms. The molecule has 0 aliphatic carbocycles. The molecule has 0 unspecified atom stereocenters. The first-order valence-electron chi connectivity index (χ1n) is 6.71. The molecule has 0 radical (unpaired) electrons. The Morgan fingerprint density at radius 3 is 2.41 bits per heavy atom. The van der Waals surface area contributed by atoms with E-state index in [-0.39, 0.29) is 5.09 Å². The van der Waals surface area contributed by atoms with Crippen LogP contribution >= 0.6 is 0 Å². The molecule has 0 N–H and O–H groups in total. The van der Waals surface area contributed by atoms with Crippen LogP contribution in [0.2, 0.25) is 0 Å². The van der Waals surface area contributed by atoms with Crippen molar-refractivity contribution >= 4 is 15.7 Å². The molecule has 0 amide bonds. The van der Waals surface area contributed by atoms with Gasteiger partial charge in [-0.1, -0.05) is 12.1 Å². The summed E-state index contributed by atoms with van der Waals surface area (Å²) in [5, 5.41) is -0.0547. The van der Waals surface area contributed by atoms with Gasteiger partial charge in [-0.05, 0) is 24.3 Å². The van der Waals surface area contributed by atoms with Crippen molar-refractivity contribution in [3.8, 4) is 5.75 Å². The number of hydrogen-bond donors (Lipinski definition) is 0. The van der Waals surface area contributed by atoms with Crippen LogP contribution in [0.15, 0.2) is 45.9 Å². The lowest BCUT2D eigenvalue weighted by molar-refractivity contribution is 0.395. The third-order valence-electron chi connectivity index (χ3n) is 3.26. The number of nitrogens with zero attached hydrogens (tertiary/aromatic N) is 2. The van der Waals surface area contributed by atoms with Crippen molar-refractivity contribution < 1.29 is 17.6 Å². The van der Waals surface area contributed by atoms with Crippen LogP contribution in [0.1, 0.15) is 5.76 Å². The van der Waals surface area contributed by atoms with E-state index in [0.29, 0.717) is 12.3 Å². The summed E-state index contributed by atoms with van der Waals surface area (Å²) in [4.78, 5) is 1.93. The third-order valence-corrected chi connectivity index (χ3v) is 4.95. The second-order valence-electron chi connectivity index (χ2n) is 5.04. The molecule has 1 aromatic carbocycles. The van der Waals surface area contributed by atoms with Gasteiger partial charge in [-0.25, -0.2) is 12.7 Å². The van der Waals surface area contributed by atoms with Gasteiger partial charge in [0.15, 0.2) is 0 Å². The Bertz CT molecular complexity index is 738. The van der Waals surface area contributed by atoms with Gasteiger partial charge in [0.25, 0.3) is 10.0 Å². The van der Waals surface area contributed by atoms with Gasteiger partial charge in [-0.3, -0.25) is 0 Å². The molecule has 0 aliphatic heterocycles. The van der Waals surface area contributed by atoms with Gasteiger partial charge in [0.2, 0.25) is 5.09 Å². The summed E-state index contributed by atoms with van der Waals surface area (Å²) in [6, 6.07) is 10.8. The number of anilines is 1. The lowest BCUT2D eigenvalue weighted by atomic mass is 10.2. The SMILES string of the molecule is COc1ccccc1N(C)Cc1ccc(S(=O)(=O)N(C)C)o1. The summed E-state index contributed by atoms with van der Waals surface area (Å²) in [7, 11) is 2.90. The third kappa shape index (κ3) is 3.26. The normalized spacial score (nSPS) is 11.7. The molecule has 0 saturated carbocycles. The van der Waals surface area contributed by atoms with Gasteiger partial charge in [0, 0.05) is 21.1 Å². The van der Waals surface area contributed by atoms with Gasteiger partial charge in [0.05, 0.1) is 19.3 Å². The van der Waals surface area contributed by atoms with E-state index in [2.05, 4.69) is 0 Å². The molecule has 120 valence electrons. The van der Waals surface area contributed by atoms with Crippen molar-refractivity contribution in [1.82, 2.24) is 4.31 Å². The molecule has 7 heteroatoms. The average Bonchev–Trinajstić information content (AvgIpc) is 2.96. The number of methoxy groups -OCH3 is 1. The van der Waals surface area contributed by atoms with Crippen LogP contribution in [0.5, 0.6) is 5.75 Å². The van der Waals surface area contributed by atoms with Crippen LogP contribution in [0.25, 0.3) is 0 Å². The lowest BCUT2D eigenvalue weighted by Gasteiger charge is -2.20. The second-order valence-corrected chi connectivity index (χ2v) is 7.12. The fourth-order valence-corrected chi connectivity index (χ4v) is 2.84. The summed E-state index contributed by atoms with van der Waals surface area (Å²) in [6.45, 7) is 0.434. The molecular weight excluding hydrogens is 304 g/mol. The maximum atomic E-state index is 12.0. The number of sulfonamides is 1. The first-order valence-corrected chi connectivity index (χ1v) is 8.15. The molecular formula is C15H20N2O4S. The lowest BCUT2D eigenvalue weighted by Crippen LogP contribution is -2.21. The van der Waals surface area contributed by atoms with Crippen molar-refractivity contribution in [3.63, 3.8) is 0 Å². The minimum Gasteiger partial charge on any atom is -0.495 e. The zero-order valence-corrected chi connectivity index (χ0v) is 13.9. The Morgan fingerprint density at radius 1 is 1.09 bits per heavy atom. The van der Waals surface area contributed by atoms with Gasteiger partial charge >= 0.3 is 0 Å². The Morgan fingerprint density at radius 2 is 1.77 bits per heavy atom. The summed E-state index contributed by atoms with van der Waals surface area (Å²) < 4.78 is 35.9. The Hall–Kier alpha value is -1.99. The fourth-order valence-electron chi connectivity index (χ4n) is 2.03. The zero-order chi connectivity index (χ0) is 16.3. The maximum Gasteiger partial charge on any atom is 0.275 e. The first kappa shape index (κ1) is 16.4. The van der Waals surface area contributed by atoms with E-state index in [0.717, 1.165) is 15.7 Å². The van der Waals surface area contributed by atoms with Crippen molar-refractivity contribution in [1.29, 1.82) is 0 Å². The van der Waals surface area contributed by atoms with Crippen LogP contribution in [0.3, 0.4) is 0 Å². The Labute approximate surface area is 131 Å². The first-order chi connectivity index (χ1) is 10.4. The molecule has 6 nitrogen and oxygen atoms in total. The molecule has 2 rings (SSSR count). The number of hydrogen-bond acceptors (Lipinski definition) is 5. The fraction of sp³-hybridized carbons (Fsp3) is 0.333. The van der Waals surface area contributed by atoms with Gasteiger partial charge in [0.1, 0.15) is 11.5 Å². The number of para-hydroxylation sites is 2. The summed E-state index contributed by atoms with van der Waals surface area (Å²) in [6.07, 6.45) is 0. The molecule has 0 saturated heterocycles. The van der Waals surface area contributed by atoms with Crippen LogP contribution in [-0.2, 0) is 16.6 Å². The number of furan rings is 1. The van der Waals surface area contributed by atoms with Gasteiger partial charge in [-0.2, -0.15) is 0 Å². The molecule has 2 aromatic rings. The molecule has 0 atom stereocenters. The average molecular weight is 324 g/mol. The van der Waals surface area contributed by atoms with E-state index in [1.165, 1.54) is 20.2 Å². The highest BCUT2D eigenvalue weighted by Crippen LogP contribution is 2.28. The van der Waals surface area contributed by atoms with E-state index < -0.39 is 10.0 Å². The molecule has 0 spiro atoms. The predicted octanol–water partition coefficient (Wildman–Crippen LogP) is 2.17. The van der Waals surface area contributed by atoms with Crippen LogP contribution in [0, 0.1) is 0 Å². The molecule has 0 aliphatic rings. The number of benzene rings is 1. The van der Waals surface area contributed by atoms with E-state index in [4.69, 9.17) is 9.15 Å². The maximum absolute atomic E-state index is 12.0. The largest absolute Gasteiger partial charge is 0.495 e. The molecule has 1 aromatic heterocycles. The van der Waals surface area contributed by atoms with E-state index in [1.54, 1.807) is 13.2 Å². The molecule has 0 bridgehead atoms. The number of ether oxygens (including phenoxy) is 1. The van der Waals surface area contributed by atoms with E-state index in [9.17, 15) is 8.42 Å². The number of rotatable bonds is 6. The molecule has 0 fully saturated rings. The van der Waals surface area contributed by atoms with Gasteiger partial charge < -0.3 is 14.1 Å². The highest BCUT2D eigenvalue weighted by atomic mass is 32.2. The summed E-state index contributed by atoms with van der Waals surface area (Å²) >= 11 is 0. The van der Waals surface area contributed by atoms with E-state index in [1.807, 2.05) is 36.2 Å². The minimum atomic E-state index is -3.55. The van der Waals surface area contributed by atoms with E-state index >= 15 is 0 Å². The van der Waals surface area contributed by atoms with Crippen molar-refractivity contribution in [3.05, 3.63) is 42.2 Å². The van der Waals surface area contributed by atoms with Crippen LogP contribution < -0.4 is 9.64 Å². The quantitative estimate of drug-likeness (QED) is 0.815. The summed E-state index contributed by atoms with van der Waals surface area (Å²) in [5.74, 6) is 1.31. The zero-order valence-electron chi connectivity index (χ0n) is 13.1. The predicted molar refractivity (Wildman–Crippen MR) is 84.7 cm³/mol. The minimum absolute atomic E-state index is 0.0547. The van der Waals surface area contributed by atoms with Crippen molar-refractivity contribution in [2.45, 2.75) is 11.6 Å². The van der Waals surface area contributed by atoms with Gasteiger partial charge in [-0.15, -0.1) is 0 Å². The Kier molecular flexibility index (Phi) is 4.77. The second kappa shape index (κ2) is 6.41. The highest BCUT2D eigenvalue weighted by Gasteiger charge is 2.22. The smallest absolute Gasteiger partial charge is 0.275 e. The standard InChI is InChI=1S/C15H20N2O4S/c1-16(2)22(18,19)15-10-9-12(21-15)11-17(3)13-7-5-6-8-14(13)20-4/h5-10H,11H2,1-4H3. The van der Waals surface area contributed by atoms with Crippen molar-refractivity contribution in [2.24, 2.45) is 0 Å². The highest BCUT2D eigenvalue weighted by molar-refractivity contribution is 7.88. The Balaban J connectivity index is 2.20. The monoisotopic (exact) mass is 324 g/mol. The topological polar surface area (TPSA) is 63.0 Å². The van der Waals surface area contributed by atoms with Crippen LogP contribution in [-0.4, -0.2) is 41.0 Å². The van der Waals surface area contributed by atoms with Crippen molar-refractivity contribution in [2.75, 3.05) is 33.2 Å². The van der Waals surface area contributed by atoms with Crippen LogP contribution in [0.4, 0.5) is 5.69 Å².